The number of aryl methyl sites for hydroxylation is 2. The van der Waals surface area contributed by atoms with Crippen LogP contribution in [0, 0.1) is 13.8 Å². The molecule has 1 unspecified atom stereocenters. The maximum atomic E-state index is 12.5. The van der Waals surface area contributed by atoms with Crippen LogP contribution in [0.4, 0.5) is 0 Å². The first-order chi connectivity index (χ1) is 15.6. The van der Waals surface area contributed by atoms with Crippen LogP contribution in [-0.4, -0.2) is 58.5 Å². The Kier molecular flexibility index (Phi) is 7.63. The van der Waals surface area contributed by atoms with Crippen molar-refractivity contribution in [2.75, 3.05) is 32.0 Å². The van der Waals surface area contributed by atoms with E-state index in [1.807, 2.05) is 16.8 Å². The molecule has 4 rings (SSSR count). The summed E-state index contributed by atoms with van der Waals surface area (Å²) < 4.78 is 7.91. The minimum atomic E-state index is -0.00559. The van der Waals surface area contributed by atoms with Crippen LogP contribution >= 0.6 is 11.8 Å². The molecule has 0 saturated carbocycles. The number of ether oxygens (including phenoxy) is 1. The maximum Gasteiger partial charge on any atom is 0.230 e. The van der Waals surface area contributed by atoms with Crippen LogP contribution < -0.4 is 5.32 Å². The number of thioether (sulfide) groups is 1. The summed E-state index contributed by atoms with van der Waals surface area (Å²) in [7, 11) is 0. The third kappa shape index (κ3) is 6.00. The molecule has 1 amide bonds. The molecule has 2 heterocycles. The maximum absolute atomic E-state index is 12.5. The molecule has 7 heteroatoms. The van der Waals surface area contributed by atoms with Gasteiger partial charge in [-0.05, 0) is 31.0 Å². The molecule has 0 spiro atoms. The number of morpholine rings is 1. The largest absolute Gasteiger partial charge is 0.374 e. The summed E-state index contributed by atoms with van der Waals surface area (Å²) in [4.78, 5) is 19.3. The number of imidazole rings is 1. The summed E-state index contributed by atoms with van der Waals surface area (Å²) in [5.74, 6) is 0.316. The number of carbonyl (C=O) groups is 1. The zero-order valence-corrected chi connectivity index (χ0v) is 19.5. The number of nitrogens with one attached hydrogen (secondary N) is 1. The Morgan fingerprint density at radius 3 is 2.88 bits per heavy atom. The standard InChI is InChI=1S/C25H30N4O2S/c1-19-8-9-23(20(2)14-19)29-11-10-26-25(29)32-18-24(30)27-15-22-17-28(12-13-31-22)16-21-6-4-3-5-7-21/h3-11,14,22H,12-13,15-18H2,1-2H3,(H,27,30). The molecular formula is C25H30N4O2S. The van der Waals surface area contributed by atoms with Crippen LogP contribution in [0.3, 0.4) is 0 Å². The van der Waals surface area contributed by atoms with Crippen molar-refractivity contribution in [3.63, 3.8) is 0 Å². The van der Waals surface area contributed by atoms with E-state index in [0.717, 1.165) is 30.5 Å². The van der Waals surface area contributed by atoms with Gasteiger partial charge in [0.1, 0.15) is 0 Å². The minimum Gasteiger partial charge on any atom is -0.374 e. The molecule has 1 aliphatic rings. The number of nitrogens with zero attached hydrogens (tertiary/aromatic N) is 3. The normalized spacial score (nSPS) is 16.8. The number of amides is 1. The molecule has 6 nitrogen and oxygen atoms in total. The molecule has 3 aromatic rings. The van der Waals surface area contributed by atoms with E-state index in [-0.39, 0.29) is 12.0 Å². The van der Waals surface area contributed by atoms with Gasteiger partial charge in [-0.3, -0.25) is 14.3 Å². The van der Waals surface area contributed by atoms with Crippen LogP contribution in [0.15, 0.2) is 66.1 Å². The van der Waals surface area contributed by atoms with Gasteiger partial charge in [-0.1, -0.05) is 59.8 Å². The van der Waals surface area contributed by atoms with Gasteiger partial charge in [0.25, 0.3) is 0 Å². The number of benzene rings is 2. The van der Waals surface area contributed by atoms with Gasteiger partial charge in [-0.2, -0.15) is 0 Å². The zero-order valence-electron chi connectivity index (χ0n) is 18.7. The van der Waals surface area contributed by atoms with Crippen LogP contribution in [-0.2, 0) is 16.1 Å². The molecule has 168 valence electrons. The highest BCUT2D eigenvalue weighted by molar-refractivity contribution is 7.99. The minimum absolute atomic E-state index is 0.00559. The van der Waals surface area contributed by atoms with E-state index < -0.39 is 0 Å². The van der Waals surface area contributed by atoms with Crippen LogP contribution in [0.1, 0.15) is 16.7 Å². The molecular weight excluding hydrogens is 420 g/mol. The third-order valence-electron chi connectivity index (χ3n) is 5.55. The van der Waals surface area contributed by atoms with E-state index in [1.54, 1.807) is 6.20 Å². The van der Waals surface area contributed by atoms with Crippen LogP contribution in [0.25, 0.3) is 5.69 Å². The Hall–Kier alpha value is -2.61. The fourth-order valence-electron chi connectivity index (χ4n) is 3.95. The van der Waals surface area contributed by atoms with Gasteiger partial charge in [0.05, 0.1) is 24.2 Å². The lowest BCUT2D eigenvalue weighted by atomic mass is 10.1. The monoisotopic (exact) mass is 450 g/mol. The van der Waals surface area contributed by atoms with Gasteiger partial charge >= 0.3 is 0 Å². The molecule has 1 aliphatic heterocycles. The molecule has 32 heavy (non-hydrogen) atoms. The van der Waals surface area contributed by atoms with E-state index in [2.05, 4.69) is 71.5 Å². The highest BCUT2D eigenvalue weighted by atomic mass is 32.2. The zero-order chi connectivity index (χ0) is 22.3. The van der Waals surface area contributed by atoms with Gasteiger partial charge in [0.15, 0.2) is 5.16 Å². The smallest absolute Gasteiger partial charge is 0.230 e. The topological polar surface area (TPSA) is 59.4 Å². The summed E-state index contributed by atoms with van der Waals surface area (Å²) in [6.45, 7) is 8.03. The highest BCUT2D eigenvalue weighted by Crippen LogP contribution is 2.23. The predicted octanol–water partition coefficient (Wildman–Crippen LogP) is 3.60. The Bertz CT molecular complexity index is 1040. The molecule has 1 saturated heterocycles. The van der Waals surface area contributed by atoms with E-state index in [1.165, 1.54) is 28.5 Å². The van der Waals surface area contributed by atoms with Crippen molar-refractivity contribution in [1.82, 2.24) is 19.8 Å². The molecule has 1 N–H and O–H groups in total. The number of rotatable bonds is 8. The molecule has 0 bridgehead atoms. The fraction of sp³-hybridized carbons (Fsp3) is 0.360. The van der Waals surface area contributed by atoms with Gasteiger partial charge in [-0.15, -0.1) is 0 Å². The number of carbonyl (C=O) groups excluding carboxylic acids is 1. The van der Waals surface area contributed by atoms with Crippen molar-refractivity contribution in [1.29, 1.82) is 0 Å². The molecule has 0 radical (unpaired) electrons. The molecule has 0 aliphatic carbocycles. The second-order valence-corrected chi connectivity index (χ2v) is 9.12. The van der Waals surface area contributed by atoms with Crippen molar-refractivity contribution in [3.05, 3.63) is 77.6 Å². The first-order valence-corrected chi connectivity index (χ1v) is 12.0. The Morgan fingerprint density at radius 1 is 1.22 bits per heavy atom. The Labute approximate surface area is 194 Å². The second kappa shape index (κ2) is 10.8. The quantitative estimate of drug-likeness (QED) is 0.532. The van der Waals surface area contributed by atoms with E-state index in [9.17, 15) is 4.79 Å². The van der Waals surface area contributed by atoms with E-state index in [0.29, 0.717) is 18.9 Å². The SMILES string of the molecule is Cc1ccc(-n2ccnc2SCC(=O)NCC2CN(Cc3ccccc3)CCO2)c(C)c1. The third-order valence-corrected chi connectivity index (χ3v) is 6.52. The first-order valence-electron chi connectivity index (χ1n) is 11.0. The number of hydrogen-bond acceptors (Lipinski definition) is 5. The number of aromatic nitrogens is 2. The summed E-state index contributed by atoms with van der Waals surface area (Å²) in [5, 5.41) is 3.84. The van der Waals surface area contributed by atoms with Crippen LogP contribution in [0.5, 0.6) is 0 Å². The summed E-state index contributed by atoms with van der Waals surface area (Å²) >= 11 is 1.45. The molecule has 1 atom stereocenters. The highest BCUT2D eigenvalue weighted by Gasteiger charge is 2.21. The predicted molar refractivity (Wildman–Crippen MR) is 128 cm³/mol. The average Bonchev–Trinajstić information content (AvgIpc) is 3.25. The second-order valence-electron chi connectivity index (χ2n) is 8.18. The Balaban J connectivity index is 1.25. The van der Waals surface area contributed by atoms with Crippen LogP contribution in [0.2, 0.25) is 0 Å². The number of hydrogen-bond donors (Lipinski definition) is 1. The van der Waals surface area contributed by atoms with Gasteiger partial charge < -0.3 is 10.1 Å². The lowest BCUT2D eigenvalue weighted by Crippen LogP contribution is -2.47. The lowest BCUT2D eigenvalue weighted by Gasteiger charge is -2.33. The van der Waals surface area contributed by atoms with E-state index in [4.69, 9.17) is 4.74 Å². The van der Waals surface area contributed by atoms with Gasteiger partial charge in [0.2, 0.25) is 5.91 Å². The van der Waals surface area contributed by atoms with E-state index >= 15 is 0 Å². The van der Waals surface area contributed by atoms with Crippen molar-refractivity contribution >= 4 is 17.7 Å². The van der Waals surface area contributed by atoms with Crippen molar-refractivity contribution in [2.45, 2.75) is 31.7 Å². The first kappa shape index (κ1) is 22.6. The lowest BCUT2D eigenvalue weighted by molar-refractivity contribution is -0.119. The fourth-order valence-corrected chi connectivity index (χ4v) is 4.75. The average molecular weight is 451 g/mol. The van der Waals surface area contributed by atoms with Crippen molar-refractivity contribution in [3.8, 4) is 5.69 Å². The summed E-state index contributed by atoms with van der Waals surface area (Å²) in [6.07, 6.45) is 3.73. The summed E-state index contributed by atoms with van der Waals surface area (Å²) in [6, 6.07) is 16.8. The van der Waals surface area contributed by atoms with Gasteiger partial charge in [-0.25, -0.2) is 4.98 Å². The van der Waals surface area contributed by atoms with Crippen molar-refractivity contribution < 1.29 is 9.53 Å². The van der Waals surface area contributed by atoms with Gasteiger partial charge in [0, 0.05) is 38.6 Å². The molecule has 1 fully saturated rings. The Morgan fingerprint density at radius 2 is 2.06 bits per heavy atom. The molecule has 1 aromatic heterocycles. The van der Waals surface area contributed by atoms with Crippen molar-refractivity contribution in [2.24, 2.45) is 0 Å². The molecule has 2 aromatic carbocycles. The summed E-state index contributed by atoms with van der Waals surface area (Å²) in [5.41, 5.74) is 4.80.